The van der Waals surface area contributed by atoms with Gasteiger partial charge in [0.05, 0.1) is 15.9 Å². The zero-order valence-corrected chi connectivity index (χ0v) is 18.3. The zero-order chi connectivity index (χ0) is 22.1. The average molecular weight is 433 g/mol. The van der Waals surface area contributed by atoms with Crippen molar-refractivity contribution in [3.05, 3.63) is 54.1 Å². The second-order valence-corrected chi connectivity index (χ2v) is 9.29. The minimum Gasteiger partial charge on any atom is -0.331 e. The summed E-state index contributed by atoms with van der Waals surface area (Å²) in [5.74, 6) is 0.248. The number of anilines is 1. The van der Waals surface area contributed by atoms with Gasteiger partial charge in [-0.05, 0) is 49.4 Å². The Morgan fingerprint density at radius 1 is 1.13 bits per heavy atom. The molecule has 0 atom stereocenters. The van der Waals surface area contributed by atoms with E-state index >= 15 is 0 Å². The zero-order valence-electron chi connectivity index (χ0n) is 17.5. The molecular weight excluding hydrogens is 407 g/mol. The molecule has 0 N–H and O–H groups in total. The van der Waals surface area contributed by atoms with Crippen molar-refractivity contribution in [3.8, 4) is 0 Å². The summed E-state index contributed by atoms with van der Waals surface area (Å²) < 4.78 is 40.9. The molecule has 9 heteroatoms. The van der Waals surface area contributed by atoms with Crippen LogP contribution in [0.3, 0.4) is 0 Å². The molecule has 160 valence electrons. The number of amides is 1. The van der Waals surface area contributed by atoms with Crippen LogP contribution in [-0.4, -0.2) is 48.8 Å². The average Bonchev–Trinajstić information content (AvgIpc) is 3.03. The molecule has 0 spiro atoms. The number of benzene rings is 2. The Bertz CT molecular complexity index is 1170. The molecule has 2 aromatic carbocycles. The fraction of sp³-hybridized carbons (Fsp3) is 0.333. The fourth-order valence-corrected chi connectivity index (χ4v) is 4.22. The SMILES string of the molecule is CCN(C(=O)CCc1nc2cc(S(=O)(=O)N(C)C)ccc2n1C)c1ccc(F)cc1. The third kappa shape index (κ3) is 4.22. The van der Waals surface area contributed by atoms with Gasteiger partial charge in [0.15, 0.2) is 0 Å². The van der Waals surface area contributed by atoms with Crippen LogP contribution in [0.2, 0.25) is 0 Å². The lowest BCUT2D eigenvalue weighted by Gasteiger charge is -2.21. The molecule has 1 aromatic heterocycles. The molecule has 0 radical (unpaired) electrons. The predicted molar refractivity (Wildman–Crippen MR) is 114 cm³/mol. The lowest BCUT2D eigenvalue weighted by molar-refractivity contribution is -0.118. The van der Waals surface area contributed by atoms with Crippen molar-refractivity contribution in [2.24, 2.45) is 7.05 Å². The lowest BCUT2D eigenvalue weighted by Crippen LogP contribution is -2.30. The van der Waals surface area contributed by atoms with E-state index in [-0.39, 0.29) is 23.0 Å². The van der Waals surface area contributed by atoms with E-state index < -0.39 is 10.0 Å². The molecule has 0 saturated heterocycles. The van der Waals surface area contributed by atoms with Crippen LogP contribution in [0, 0.1) is 5.82 Å². The van der Waals surface area contributed by atoms with E-state index in [1.807, 2.05) is 18.5 Å². The number of carbonyl (C=O) groups excluding carboxylic acids is 1. The third-order valence-electron chi connectivity index (χ3n) is 5.04. The maximum absolute atomic E-state index is 13.2. The summed E-state index contributed by atoms with van der Waals surface area (Å²) in [5, 5.41) is 0. The van der Waals surface area contributed by atoms with Gasteiger partial charge in [-0.25, -0.2) is 22.1 Å². The number of sulfonamides is 1. The highest BCUT2D eigenvalue weighted by Crippen LogP contribution is 2.22. The van der Waals surface area contributed by atoms with Gasteiger partial charge in [-0.15, -0.1) is 0 Å². The Kier molecular flexibility index (Phi) is 6.23. The van der Waals surface area contributed by atoms with Gasteiger partial charge >= 0.3 is 0 Å². The summed E-state index contributed by atoms with van der Waals surface area (Å²) in [6.45, 7) is 2.34. The van der Waals surface area contributed by atoms with E-state index in [9.17, 15) is 17.6 Å². The number of aromatic nitrogens is 2. The summed E-state index contributed by atoms with van der Waals surface area (Å²) in [4.78, 5) is 19.1. The van der Waals surface area contributed by atoms with Crippen LogP contribution in [0.4, 0.5) is 10.1 Å². The molecule has 3 rings (SSSR count). The normalized spacial score (nSPS) is 11.9. The number of imidazole rings is 1. The van der Waals surface area contributed by atoms with E-state index in [4.69, 9.17) is 0 Å². The van der Waals surface area contributed by atoms with Crippen molar-refractivity contribution < 1.29 is 17.6 Å². The Morgan fingerprint density at radius 3 is 2.40 bits per heavy atom. The van der Waals surface area contributed by atoms with Crippen molar-refractivity contribution >= 4 is 32.7 Å². The van der Waals surface area contributed by atoms with Gasteiger partial charge in [0, 0.05) is 46.2 Å². The maximum atomic E-state index is 13.2. The van der Waals surface area contributed by atoms with Crippen molar-refractivity contribution in [2.75, 3.05) is 25.5 Å². The van der Waals surface area contributed by atoms with Gasteiger partial charge in [0.1, 0.15) is 11.6 Å². The molecule has 1 amide bonds. The molecule has 0 aliphatic rings. The summed E-state index contributed by atoms with van der Waals surface area (Å²) in [7, 11) is 1.25. The Hall–Kier alpha value is -2.78. The van der Waals surface area contributed by atoms with E-state index in [1.165, 1.54) is 26.2 Å². The first-order chi connectivity index (χ1) is 14.1. The molecule has 0 aliphatic heterocycles. The molecule has 1 heterocycles. The number of halogens is 1. The fourth-order valence-electron chi connectivity index (χ4n) is 3.30. The number of rotatable bonds is 7. The Morgan fingerprint density at radius 2 is 1.80 bits per heavy atom. The highest BCUT2D eigenvalue weighted by Gasteiger charge is 2.20. The number of carbonyl (C=O) groups is 1. The van der Waals surface area contributed by atoms with Gasteiger partial charge < -0.3 is 9.47 Å². The molecule has 3 aromatic rings. The smallest absolute Gasteiger partial charge is 0.242 e. The second-order valence-electron chi connectivity index (χ2n) is 7.14. The highest BCUT2D eigenvalue weighted by molar-refractivity contribution is 7.89. The first-order valence-corrected chi connectivity index (χ1v) is 11.0. The van der Waals surface area contributed by atoms with Crippen LogP contribution in [-0.2, 0) is 28.3 Å². The minimum absolute atomic E-state index is 0.0907. The van der Waals surface area contributed by atoms with Gasteiger partial charge in [-0.3, -0.25) is 4.79 Å². The van der Waals surface area contributed by atoms with Crippen LogP contribution in [0.15, 0.2) is 47.4 Å². The van der Waals surface area contributed by atoms with E-state index in [2.05, 4.69) is 4.98 Å². The number of aryl methyl sites for hydroxylation is 2. The number of hydrogen-bond acceptors (Lipinski definition) is 4. The Labute approximate surface area is 175 Å². The van der Waals surface area contributed by atoms with Gasteiger partial charge in [0.2, 0.25) is 15.9 Å². The highest BCUT2D eigenvalue weighted by atomic mass is 32.2. The van der Waals surface area contributed by atoms with Crippen molar-refractivity contribution in [1.82, 2.24) is 13.9 Å². The number of fused-ring (bicyclic) bond motifs is 1. The third-order valence-corrected chi connectivity index (χ3v) is 6.85. The van der Waals surface area contributed by atoms with Gasteiger partial charge in [-0.1, -0.05) is 0 Å². The van der Waals surface area contributed by atoms with Crippen LogP contribution in [0.25, 0.3) is 11.0 Å². The van der Waals surface area contributed by atoms with Crippen LogP contribution < -0.4 is 4.90 Å². The molecule has 0 fully saturated rings. The topological polar surface area (TPSA) is 75.5 Å². The summed E-state index contributed by atoms with van der Waals surface area (Å²) in [6, 6.07) is 10.7. The summed E-state index contributed by atoms with van der Waals surface area (Å²) >= 11 is 0. The maximum Gasteiger partial charge on any atom is 0.242 e. The van der Waals surface area contributed by atoms with Crippen LogP contribution in [0.1, 0.15) is 19.2 Å². The molecular formula is C21H25FN4O3S. The number of hydrogen-bond donors (Lipinski definition) is 0. The molecule has 0 saturated carbocycles. The number of nitrogens with zero attached hydrogens (tertiary/aromatic N) is 4. The Balaban J connectivity index is 1.81. The first kappa shape index (κ1) is 21.9. The van der Waals surface area contributed by atoms with Crippen LogP contribution in [0.5, 0.6) is 0 Å². The summed E-state index contributed by atoms with van der Waals surface area (Å²) in [5.41, 5.74) is 2.00. The van der Waals surface area contributed by atoms with E-state index in [1.54, 1.807) is 35.2 Å². The minimum atomic E-state index is -3.55. The lowest BCUT2D eigenvalue weighted by atomic mass is 10.2. The quantitative estimate of drug-likeness (QED) is 0.575. The molecule has 0 unspecified atom stereocenters. The predicted octanol–water partition coefficient (Wildman–Crippen LogP) is 2.95. The monoisotopic (exact) mass is 432 g/mol. The van der Waals surface area contributed by atoms with Crippen molar-refractivity contribution in [1.29, 1.82) is 0 Å². The van der Waals surface area contributed by atoms with Crippen molar-refractivity contribution in [2.45, 2.75) is 24.7 Å². The van der Waals surface area contributed by atoms with E-state index in [0.29, 0.717) is 30.0 Å². The van der Waals surface area contributed by atoms with Gasteiger partial charge in [0.25, 0.3) is 0 Å². The molecule has 7 nitrogen and oxygen atoms in total. The largest absolute Gasteiger partial charge is 0.331 e. The summed E-state index contributed by atoms with van der Waals surface area (Å²) in [6.07, 6.45) is 0.628. The molecule has 30 heavy (non-hydrogen) atoms. The standard InChI is InChI=1S/C21H25FN4O3S/c1-5-26(16-8-6-15(22)7-9-16)21(27)13-12-20-23-18-14-17(30(28,29)24(2)3)10-11-19(18)25(20)4/h6-11,14H,5,12-13H2,1-4H3. The molecule has 0 bridgehead atoms. The van der Waals surface area contributed by atoms with Crippen molar-refractivity contribution in [3.63, 3.8) is 0 Å². The van der Waals surface area contributed by atoms with E-state index in [0.717, 1.165) is 9.82 Å². The second kappa shape index (κ2) is 8.53. The molecule has 0 aliphatic carbocycles. The van der Waals surface area contributed by atoms with Crippen LogP contribution >= 0.6 is 0 Å². The first-order valence-electron chi connectivity index (χ1n) is 9.59. The van der Waals surface area contributed by atoms with Gasteiger partial charge in [-0.2, -0.15) is 0 Å².